The number of hydrogen-bond donors (Lipinski definition) is 2. The van der Waals surface area contributed by atoms with Gasteiger partial charge in [0, 0.05) is 41.8 Å². The standard InChI is InChI=1S/C24H28BrN3O3/c25-20-10-8-19(9-11-20)24(31)27-21-12-6-18(7-13-21)17-22(29)26-14-4-16-28-15-3-1-2-5-23(28)30/h6-13H,1-5,14-17H2,(H,26,29)(H,27,31). The molecule has 0 atom stereocenters. The smallest absolute Gasteiger partial charge is 0.255 e. The molecule has 7 heteroatoms. The highest BCUT2D eigenvalue weighted by Gasteiger charge is 2.15. The van der Waals surface area contributed by atoms with Gasteiger partial charge in [-0.2, -0.15) is 0 Å². The van der Waals surface area contributed by atoms with Crippen molar-refractivity contribution < 1.29 is 14.4 Å². The van der Waals surface area contributed by atoms with Gasteiger partial charge in [0.2, 0.25) is 11.8 Å². The van der Waals surface area contributed by atoms with Crippen LogP contribution in [0, 0.1) is 0 Å². The Morgan fingerprint density at radius 1 is 0.968 bits per heavy atom. The number of hydrogen-bond acceptors (Lipinski definition) is 3. The van der Waals surface area contributed by atoms with Gasteiger partial charge in [-0.15, -0.1) is 0 Å². The molecule has 1 aliphatic heterocycles. The van der Waals surface area contributed by atoms with Gasteiger partial charge in [0.15, 0.2) is 0 Å². The van der Waals surface area contributed by atoms with Crippen LogP contribution in [-0.4, -0.2) is 42.3 Å². The summed E-state index contributed by atoms with van der Waals surface area (Å²) < 4.78 is 0.919. The number of halogens is 1. The summed E-state index contributed by atoms with van der Waals surface area (Å²) in [6.07, 6.45) is 4.86. The summed E-state index contributed by atoms with van der Waals surface area (Å²) in [7, 11) is 0. The Hall–Kier alpha value is -2.67. The Balaban J connectivity index is 1.38. The molecular formula is C24H28BrN3O3. The van der Waals surface area contributed by atoms with Gasteiger partial charge < -0.3 is 15.5 Å². The van der Waals surface area contributed by atoms with E-state index in [9.17, 15) is 14.4 Å². The van der Waals surface area contributed by atoms with Gasteiger partial charge in [0.1, 0.15) is 0 Å². The number of carbonyl (C=O) groups is 3. The molecule has 1 heterocycles. The lowest BCUT2D eigenvalue weighted by Gasteiger charge is -2.20. The average Bonchev–Trinajstić information content (AvgIpc) is 2.97. The van der Waals surface area contributed by atoms with E-state index >= 15 is 0 Å². The van der Waals surface area contributed by atoms with Crippen LogP contribution in [0.2, 0.25) is 0 Å². The number of nitrogens with one attached hydrogen (secondary N) is 2. The SMILES string of the molecule is O=C(Cc1ccc(NC(=O)c2ccc(Br)cc2)cc1)NCCCN1CCCCCC1=O. The highest BCUT2D eigenvalue weighted by atomic mass is 79.9. The summed E-state index contributed by atoms with van der Waals surface area (Å²) in [6.45, 7) is 2.09. The zero-order chi connectivity index (χ0) is 22.1. The molecule has 3 rings (SSSR count). The van der Waals surface area contributed by atoms with Crippen molar-refractivity contribution in [1.82, 2.24) is 10.2 Å². The van der Waals surface area contributed by atoms with E-state index in [4.69, 9.17) is 0 Å². The Morgan fingerprint density at radius 3 is 2.45 bits per heavy atom. The second kappa shape index (κ2) is 11.6. The van der Waals surface area contributed by atoms with Crippen LogP contribution < -0.4 is 10.6 Å². The molecule has 2 aromatic rings. The molecule has 0 unspecified atom stereocenters. The van der Waals surface area contributed by atoms with E-state index in [1.165, 1.54) is 0 Å². The van der Waals surface area contributed by atoms with Crippen molar-refractivity contribution in [3.8, 4) is 0 Å². The fourth-order valence-electron chi connectivity index (χ4n) is 3.53. The van der Waals surface area contributed by atoms with Crippen molar-refractivity contribution in [2.75, 3.05) is 25.0 Å². The summed E-state index contributed by atoms with van der Waals surface area (Å²) in [5, 5.41) is 5.78. The largest absolute Gasteiger partial charge is 0.356 e. The van der Waals surface area contributed by atoms with Gasteiger partial charge >= 0.3 is 0 Å². The van der Waals surface area contributed by atoms with Gasteiger partial charge in [0.25, 0.3) is 5.91 Å². The molecule has 0 aromatic heterocycles. The van der Waals surface area contributed by atoms with E-state index in [-0.39, 0.29) is 24.1 Å². The molecule has 2 N–H and O–H groups in total. The Morgan fingerprint density at radius 2 is 1.71 bits per heavy atom. The summed E-state index contributed by atoms with van der Waals surface area (Å²) in [4.78, 5) is 38.4. The van der Waals surface area contributed by atoms with E-state index in [1.807, 2.05) is 29.2 Å². The first-order valence-electron chi connectivity index (χ1n) is 10.7. The lowest BCUT2D eigenvalue weighted by atomic mass is 10.1. The predicted molar refractivity (Wildman–Crippen MR) is 125 cm³/mol. The minimum atomic E-state index is -0.180. The fourth-order valence-corrected chi connectivity index (χ4v) is 3.80. The van der Waals surface area contributed by atoms with Gasteiger partial charge in [-0.1, -0.05) is 34.5 Å². The Labute approximate surface area is 191 Å². The topological polar surface area (TPSA) is 78.5 Å². The number of carbonyl (C=O) groups excluding carboxylic acids is 3. The molecule has 3 amide bonds. The number of nitrogens with zero attached hydrogens (tertiary/aromatic N) is 1. The minimum absolute atomic E-state index is 0.0474. The molecule has 0 saturated carbocycles. The molecule has 6 nitrogen and oxygen atoms in total. The summed E-state index contributed by atoms with van der Waals surface area (Å²) in [6, 6.07) is 14.4. The van der Waals surface area contributed by atoms with Crippen LogP contribution in [0.1, 0.15) is 48.0 Å². The zero-order valence-electron chi connectivity index (χ0n) is 17.5. The Bertz CT molecular complexity index is 897. The van der Waals surface area contributed by atoms with Crippen LogP contribution in [0.15, 0.2) is 53.0 Å². The van der Waals surface area contributed by atoms with Crippen molar-refractivity contribution in [2.24, 2.45) is 0 Å². The molecule has 1 aliphatic rings. The molecule has 0 aliphatic carbocycles. The molecule has 164 valence electrons. The summed E-state index contributed by atoms with van der Waals surface area (Å²) in [5.41, 5.74) is 2.13. The van der Waals surface area contributed by atoms with Crippen LogP contribution in [0.4, 0.5) is 5.69 Å². The number of likely N-dealkylation sites (tertiary alicyclic amines) is 1. The third kappa shape index (κ3) is 7.51. The lowest BCUT2D eigenvalue weighted by molar-refractivity contribution is -0.130. The molecule has 1 saturated heterocycles. The maximum Gasteiger partial charge on any atom is 0.255 e. The van der Waals surface area contributed by atoms with Crippen molar-refractivity contribution in [1.29, 1.82) is 0 Å². The first-order valence-corrected chi connectivity index (χ1v) is 11.5. The van der Waals surface area contributed by atoms with E-state index in [0.29, 0.717) is 30.8 Å². The lowest BCUT2D eigenvalue weighted by Crippen LogP contribution is -2.34. The number of benzene rings is 2. The van der Waals surface area contributed by atoms with E-state index in [1.54, 1.807) is 24.3 Å². The van der Waals surface area contributed by atoms with E-state index < -0.39 is 0 Å². The van der Waals surface area contributed by atoms with Gasteiger partial charge in [-0.3, -0.25) is 14.4 Å². The molecular weight excluding hydrogens is 458 g/mol. The highest BCUT2D eigenvalue weighted by Crippen LogP contribution is 2.15. The maximum atomic E-state index is 12.3. The quantitative estimate of drug-likeness (QED) is 0.551. The zero-order valence-corrected chi connectivity index (χ0v) is 19.1. The van der Waals surface area contributed by atoms with Crippen LogP contribution in [0.25, 0.3) is 0 Å². The first-order chi connectivity index (χ1) is 15.0. The normalized spacial score (nSPS) is 14.1. The van der Waals surface area contributed by atoms with Crippen molar-refractivity contribution in [3.05, 3.63) is 64.1 Å². The second-order valence-electron chi connectivity index (χ2n) is 7.73. The summed E-state index contributed by atoms with van der Waals surface area (Å²) >= 11 is 3.35. The molecule has 1 fully saturated rings. The molecule has 0 bridgehead atoms. The minimum Gasteiger partial charge on any atom is -0.356 e. The van der Waals surface area contributed by atoms with Crippen LogP contribution >= 0.6 is 15.9 Å². The van der Waals surface area contributed by atoms with Gasteiger partial charge in [-0.25, -0.2) is 0 Å². The number of amides is 3. The van der Waals surface area contributed by atoms with Crippen molar-refractivity contribution in [3.63, 3.8) is 0 Å². The van der Waals surface area contributed by atoms with E-state index in [2.05, 4.69) is 26.6 Å². The van der Waals surface area contributed by atoms with Gasteiger partial charge in [0.05, 0.1) is 6.42 Å². The predicted octanol–water partition coefficient (Wildman–Crippen LogP) is 4.15. The Kier molecular flexibility index (Phi) is 8.64. The van der Waals surface area contributed by atoms with Crippen LogP contribution in [0.5, 0.6) is 0 Å². The first kappa shape index (κ1) is 23.0. The van der Waals surface area contributed by atoms with Gasteiger partial charge in [-0.05, 0) is 61.2 Å². The fraction of sp³-hybridized carbons (Fsp3) is 0.375. The monoisotopic (exact) mass is 485 g/mol. The molecule has 31 heavy (non-hydrogen) atoms. The van der Waals surface area contributed by atoms with Crippen molar-refractivity contribution in [2.45, 2.75) is 38.5 Å². The van der Waals surface area contributed by atoms with Crippen LogP contribution in [0.3, 0.4) is 0 Å². The molecule has 2 aromatic carbocycles. The second-order valence-corrected chi connectivity index (χ2v) is 8.65. The molecule has 0 spiro atoms. The number of anilines is 1. The highest BCUT2D eigenvalue weighted by molar-refractivity contribution is 9.10. The molecule has 0 radical (unpaired) electrons. The summed E-state index contributed by atoms with van der Waals surface area (Å²) in [5.74, 6) is 0.00543. The van der Waals surface area contributed by atoms with E-state index in [0.717, 1.165) is 42.3 Å². The third-order valence-corrected chi connectivity index (χ3v) is 5.81. The maximum absolute atomic E-state index is 12.3. The average molecular weight is 486 g/mol. The van der Waals surface area contributed by atoms with Crippen LogP contribution in [-0.2, 0) is 16.0 Å². The van der Waals surface area contributed by atoms with Crippen molar-refractivity contribution >= 4 is 39.3 Å². The number of rotatable bonds is 8. The third-order valence-electron chi connectivity index (χ3n) is 5.28.